The number of aromatic nitrogens is 1. The Morgan fingerprint density at radius 1 is 1.58 bits per heavy atom. The van der Waals surface area contributed by atoms with E-state index >= 15 is 0 Å². The minimum Gasteiger partial charge on any atom is -0.396 e. The summed E-state index contributed by atoms with van der Waals surface area (Å²) in [6.07, 6.45) is 3.18. The molecule has 1 unspecified atom stereocenters. The van der Waals surface area contributed by atoms with Gasteiger partial charge in [0, 0.05) is 19.3 Å². The minimum absolute atomic E-state index is 0.135. The van der Waals surface area contributed by atoms with E-state index in [-0.39, 0.29) is 18.4 Å². The van der Waals surface area contributed by atoms with Gasteiger partial charge in [-0.3, -0.25) is 4.79 Å². The third-order valence-corrected chi connectivity index (χ3v) is 2.96. The maximum atomic E-state index is 11.9. The molecular formula is C14H21N3O2. The van der Waals surface area contributed by atoms with Crippen molar-refractivity contribution in [2.24, 2.45) is 11.8 Å². The second-order valence-electron chi connectivity index (χ2n) is 5.13. The van der Waals surface area contributed by atoms with Crippen molar-refractivity contribution in [1.29, 1.82) is 5.26 Å². The Morgan fingerprint density at radius 3 is 2.84 bits per heavy atom. The Labute approximate surface area is 113 Å². The number of rotatable bonds is 7. The number of hydrogen-bond donors (Lipinski definition) is 3. The van der Waals surface area contributed by atoms with E-state index in [1.165, 1.54) is 12.3 Å². The van der Waals surface area contributed by atoms with E-state index in [0.717, 1.165) is 6.42 Å². The first-order valence-electron chi connectivity index (χ1n) is 6.54. The highest BCUT2D eigenvalue weighted by Gasteiger charge is 2.13. The summed E-state index contributed by atoms with van der Waals surface area (Å²) in [5.74, 6) is 0.624. The van der Waals surface area contributed by atoms with E-state index in [9.17, 15) is 4.79 Å². The number of amides is 1. The van der Waals surface area contributed by atoms with Gasteiger partial charge in [-0.15, -0.1) is 0 Å². The van der Waals surface area contributed by atoms with Gasteiger partial charge < -0.3 is 15.4 Å². The monoisotopic (exact) mass is 263 g/mol. The quantitative estimate of drug-likeness (QED) is 0.699. The predicted molar refractivity (Wildman–Crippen MR) is 72.5 cm³/mol. The first-order chi connectivity index (χ1) is 9.06. The van der Waals surface area contributed by atoms with Crippen molar-refractivity contribution in [3.63, 3.8) is 0 Å². The Kier molecular flexibility index (Phi) is 6.10. The second-order valence-corrected chi connectivity index (χ2v) is 5.13. The summed E-state index contributed by atoms with van der Waals surface area (Å²) in [4.78, 5) is 14.6. The molecule has 1 aromatic rings. The summed E-state index contributed by atoms with van der Waals surface area (Å²) in [5.41, 5.74) is 0.836. The summed E-state index contributed by atoms with van der Waals surface area (Å²) >= 11 is 0. The number of aliphatic hydroxyl groups excluding tert-OH is 1. The van der Waals surface area contributed by atoms with Crippen LogP contribution in [0.15, 0.2) is 12.3 Å². The van der Waals surface area contributed by atoms with Crippen LogP contribution in [-0.4, -0.2) is 29.1 Å². The molecule has 5 heteroatoms. The lowest BCUT2D eigenvalue weighted by molar-refractivity contribution is 0.0941. The van der Waals surface area contributed by atoms with Gasteiger partial charge in [-0.05, 0) is 30.7 Å². The van der Waals surface area contributed by atoms with Crippen molar-refractivity contribution in [3.05, 3.63) is 23.5 Å². The van der Waals surface area contributed by atoms with Gasteiger partial charge in [-0.2, -0.15) is 5.26 Å². The topological polar surface area (TPSA) is 88.9 Å². The molecule has 0 aliphatic heterocycles. The van der Waals surface area contributed by atoms with E-state index in [4.69, 9.17) is 10.4 Å². The average molecular weight is 263 g/mol. The van der Waals surface area contributed by atoms with Gasteiger partial charge in [0.2, 0.25) is 0 Å². The number of nitriles is 1. The number of H-pyrrole nitrogens is 1. The smallest absolute Gasteiger partial charge is 0.252 e. The highest BCUT2D eigenvalue weighted by atomic mass is 16.3. The molecule has 1 amide bonds. The van der Waals surface area contributed by atoms with Gasteiger partial charge in [0.05, 0.1) is 5.56 Å². The van der Waals surface area contributed by atoms with E-state index in [2.05, 4.69) is 24.1 Å². The van der Waals surface area contributed by atoms with Crippen molar-refractivity contribution < 1.29 is 9.90 Å². The molecule has 0 aliphatic carbocycles. The molecule has 0 radical (unpaired) electrons. The van der Waals surface area contributed by atoms with Gasteiger partial charge in [-0.25, -0.2) is 0 Å². The van der Waals surface area contributed by atoms with Gasteiger partial charge in [0.1, 0.15) is 11.8 Å². The van der Waals surface area contributed by atoms with Crippen LogP contribution in [-0.2, 0) is 0 Å². The number of carbonyl (C=O) groups is 1. The molecule has 0 saturated carbocycles. The molecule has 1 rings (SSSR count). The second kappa shape index (κ2) is 7.59. The summed E-state index contributed by atoms with van der Waals surface area (Å²) in [6.45, 7) is 4.93. The van der Waals surface area contributed by atoms with Gasteiger partial charge in [-0.1, -0.05) is 13.8 Å². The fourth-order valence-corrected chi connectivity index (χ4v) is 2.08. The summed E-state index contributed by atoms with van der Waals surface area (Å²) < 4.78 is 0. The predicted octanol–water partition coefficient (Wildman–Crippen LogP) is 1.66. The van der Waals surface area contributed by atoms with Gasteiger partial charge in [0.15, 0.2) is 0 Å². The Hall–Kier alpha value is -1.80. The lowest BCUT2D eigenvalue weighted by Gasteiger charge is -2.18. The van der Waals surface area contributed by atoms with Crippen LogP contribution >= 0.6 is 0 Å². The van der Waals surface area contributed by atoms with E-state index in [1.807, 2.05) is 6.07 Å². The molecule has 0 aliphatic rings. The molecule has 1 heterocycles. The highest BCUT2D eigenvalue weighted by molar-refractivity contribution is 5.94. The van der Waals surface area contributed by atoms with Gasteiger partial charge in [0.25, 0.3) is 5.91 Å². The molecule has 0 saturated heterocycles. The van der Waals surface area contributed by atoms with Crippen molar-refractivity contribution in [1.82, 2.24) is 10.3 Å². The summed E-state index contributed by atoms with van der Waals surface area (Å²) in [6, 6.07) is 3.47. The summed E-state index contributed by atoms with van der Waals surface area (Å²) in [5, 5.41) is 20.5. The number of hydrogen-bond acceptors (Lipinski definition) is 3. The minimum atomic E-state index is -0.190. The van der Waals surface area contributed by atoms with Crippen LogP contribution in [0.1, 0.15) is 42.7 Å². The molecule has 3 N–H and O–H groups in total. The fraction of sp³-hybridized carbons (Fsp3) is 0.571. The van der Waals surface area contributed by atoms with Crippen molar-refractivity contribution in [2.75, 3.05) is 13.2 Å². The van der Waals surface area contributed by atoms with E-state index in [1.54, 1.807) is 0 Å². The Morgan fingerprint density at radius 2 is 2.32 bits per heavy atom. The fourth-order valence-electron chi connectivity index (χ4n) is 2.08. The van der Waals surface area contributed by atoms with Crippen molar-refractivity contribution in [3.8, 4) is 6.07 Å². The molecule has 19 heavy (non-hydrogen) atoms. The molecule has 0 bridgehead atoms. The van der Waals surface area contributed by atoms with Crippen molar-refractivity contribution >= 4 is 5.91 Å². The molecule has 1 aromatic heterocycles. The molecule has 0 fully saturated rings. The highest BCUT2D eigenvalue weighted by Crippen LogP contribution is 2.14. The van der Waals surface area contributed by atoms with E-state index in [0.29, 0.717) is 30.1 Å². The average Bonchev–Trinajstić information content (AvgIpc) is 2.84. The van der Waals surface area contributed by atoms with Crippen LogP contribution in [0, 0.1) is 23.2 Å². The molecule has 5 nitrogen and oxygen atoms in total. The number of aliphatic hydroxyl groups is 1. The van der Waals surface area contributed by atoms with Crippen LogP contribution in [0.5, 0.6) is 0 Å². The Balaban J connectivity index is 2.49. The van der Waals surface area contributed by atoms with Crippen LogP contribution < -0.4 is 5.32 Å². The largest absolute Gasteiger partial charge is 0.396 e. The normalized spacial score (nSPS) is 12.2. The molecular weight excluding hydrogens is 242 g/mol. The number of aromatic amines is 1. The zero-order valence-corrected chi connectivity index (χ0v) is 11.4. The van der Waals surface area contributed by atoms with Crippen LogP contribution in [0.4, 0.5) is 0 Å². The number of carbonyl (C=O) groups excluding carboxylic acids is 1. The molecule has 104 valence electrons. The Bertz CT molecular complexity index is 446. The van der Waals surface area contributed by atoms with Crippen LogP contribution in [0.25, 0.3) is 0 Å². The summed E-state index contributed by atoms with van der Waals surface area (Å²) in [7, 11) is 0. The lowest BCUT2D eigenvalue weighted by atomic mass is 9.94. The van der Waals surface area contributed by atoms with Crippen molar-refractivity contribution in [2.45, 2.75) is 26.7 Å². The molecule has 1 atom stereocenters. The standard InChI is InChI=1S/C14H21N3O2/c1-10(2)5-11(3-4-18)8-17-14(19)12-6-13(7-15)16-9-12/h6,9-11,16,18H,3-5,8H2,1-2H3,(H,17,19). The molecule has 0 spiro atoms. The van der Waals surface area contributed by atoms with E-state index < -0.39 is 0 Å². The van der Waals surface area contributed by atoms with Crippen LogP contribution in [0.2, 0.25) is 0 Å². The first kappa shape index (κ1) is 15.3. The number of nitrogens with one attached hydrogen (secondary N) is 2. The SMILES string of the molecule is CC(C)CC(CCO)CNC(=O)c1c[nH]c(C#N)c1. The lowest BCUT2D eigenvalue weighted by Crippen LogP contribution is -2.30. The van der Waals surface area contributed by atoms with Gasteiger partial charge >= 0.3 is 0 Å². The zero-order chi connectivity index (χ0) is 14.3. The first-order valence-corrected chi connectivity index (χ1v) is 6.54. The molecule has 0 aromatic carbocycles. The third-order valence-electron chi connectivity index (χ3n) is 2.96. The maximum absolute atomic E-state index is 11.9. The number of nitrogens with zero attached hydrogens (tertiary/aromatic N) is 1. The maximum Gasteiger partial charge on any atom is 0.252 e. The van der Waals surface area contributed by atoms with Crippen LogP contribution in [0.3, 0.4) is 0 Å². The third kappa shape index (κ3) is 5.14. The zero-order valence-electron chi connectivity index (χ0n) is 11.4.